The Morgan fingerprint density at radius 1 is 1.60 bits per heavy atom. The molecule has 0 aliphatic carbocycles. The number of carboxylic acids is 1. The zero-order valence-electron chi connectivity index (χ0n) is 8.64. The third kappa shape index (κ3) is 2.83. The first-order valence-electron chi connectivity index (χ1n) is 4.67. The van der Waals surface area contributed by atoms with Crippen LogP contribution in [0.4, 0.5) is 4.79 Å². The molecule has 1 atom stereocenters. The van der Waals surface area contributed by atoms with E-state index in [0.717, 1.165) is 11.0 Å². The van der Waals surface area contributed by atoms with Gasteiger partial charge in [0, 0.05) is 12.4 Å². The first-order chi connectivity index (χ1) is 7.04. The van der Waals surface area contributed by atoms with Crippen LogP contribution in [-0.2, 0) is 4.74 Å². The molecule has 82 valence electrons. The molecule has 0 amide bonds. The molecule has 1 N–H and O–H groups in total. The lowest BCUT2D eigenvalue weighted by molar-refractivity contribution is 0.0697. The number of hydrogen-bond acceptors (Lipinski definition) is 3. The van der Waals surface area contributed by atoms with Gasteiger partial charge in [-0.25, -0.2) is 9.59 Å². The summed E-state index contributed by atoms with van der Waals surface area (Å²) in [5, 5.41) is 8.64. The van der Waals surface area contributed by atoms with Gasteiger partial charge in [-0.3, -0.25) is 4.57 Å². The molecule has 0 saturated heterocycles. The maximum atomic E-state index is 11.4. The molecule has 5 heteroatoms. The number of hydrogen-bond donors (Lipinski definition) is 1. The van der Waals surface area contributed by atoms with Crippen molar-refractivity contribution in [3.63, 3.8) is 0 Å². The van der Waals surface area contributed by atoms with Gasteiger partial charge in [-0.1, -0.05) is 6.92 Å². The SMILES string of the molecule is CCC(C)OC(=O)n1ccc(C(=O)O)c1. The number of nitrogens with zero attached hydrogens (tertiary/aromatic N) is 1. The summed E-state index contributed by atoms with van der Waals surface area (Å²) >= 11 is 0. The molecule has 1 heterocycles. The number of aromatic nitrogens is 1. The molecule has 5 nitrogen and oxygen atoms in total. The minimum atomic E-state index is -1.06. The van der Waals surface area contributed by atoms with Crippen molar-refractivity contribution in [2.75, 3.05) is 0 Å². The smallest absolute Gasteiger partial charge is 0.418 e. The minimum absolute atomic E-state index is 0.0658. The van der Waals surface area contributed by atoms with E-state index in [2.05, 4.69) is 0 Å². The molecular formula is C10H13NO4. The quantitative estimate of drug-likeness (QED) is 0.829. The molecule has 0 aliphatic rings. The summed E-state index contributed by atoms with van der Waals surface area (Å²) in [4.78, 5) is 21.9. The lowest BCUT2D eigenvalue weighted by atomic mass is 10.3. The van der Waals surface area contributed by atoms with Gasteiger partial charge in [-0.05, 0) is 19.4 Å². The highest BCUT2D eigenvalue weighted by molar-refractivity contribution is 5.88. The molecule has 1 aromatic rings. The van der Waals surface area contributed by atoms with Crippen molar-refractivity contribution in [1.29, 1.82) is 0 Å². The summed E-state index contributed by atoms with van der Waals surface area (Å²) in [6.45, 7) is 3.68. The fraction of sp³-hybridized carbons (Fsp3) is 0.400. The number of carbonyl (C=O) groups excluding carboxylic acids is 1. The van der Waals surface area contributed by atoms with E-state index in [1.807, 2.05) is 6.92 Å². The van der Waals surface area contributed by atoms with Crippen LogP contribution in [0.1, 0.15) is 30.6 Å². The molecule has 0 radical (unpaired) electrons. The number of carbonyl (C=O) groups is 2. The van der Waals surface area contributed by atoms with E-state index in [1.54, 1.807) is 6.92 Å². The van der Waals surface area contributed by atoms with Crippen molar-refractivity contribution in [3.8, 4) is 0 Å². The van der Waals surface area contributed by atoms with Gasteiger partial charge in [0.05, 0.1) is 5.56 Å². The van der Waals surface area contributed by atoms with Gasteiger partial charge in [-0.15, -0.1) is 0 Å². The Bertz CT molecular complexity index is 369. The topological polar surface area (TPSA) is 68.5 Å². The zero-order valence-corrected chi connectivity index (χ0v) is 8.64. The zero-order chi connectivity index (χ0) is 11.4. The molecule has 0 spiro atoms. The van der Waals surface area contributed by atoms with Gasteiger partial charge in [0.2, 0.25) is 0 Å². The van der Waals surface area contributed by atoms with Gasteiger partial charge in [0.15, 0.2) is 0 Å². The normalized spacial score (nSPS) is 12.1. The average molecular weight is 211 g/mol. The largest absolute Gasteiger partial charge is 0.478 e. The second-order valence-corrected chi connectivity index (χ2v) is 3.22. The molecule has 0 bridgehead atoms. The fourth-order valence-corrected chi connectivity index (χ4v) is 0.953. The molecule has 0 aliphatic heterocycles. The van der Waals surface area contributed by atoms with Gasteiger partial charge in [0.1, 0.15) is 6.10 Å². The van der Waals surface area contributed by atoms with Crippen LogP contribution < -0.4 is 0 Å². The third-order valence-electron chi connectivity index (χ3n) is 2.03. The van der Waals surface area contributed by atoms with Crippen LogP contribution in [0.3, 0.4) is 0 Å². The van der Waals surface area contributed by atoms with Crippen molar-refractivity contribution in [2.24, 2.45) is 0 Å². The van der Waals surface area contributed by atoms with Crippen molar-refractivity contribution < 1.29 is 19.4 Å². The van der Waals surface area contributed by atoms with Gasteiger partial charge >= 0.3 is 12.1 Å². The fourth-order valence-electron chi connectivity index (χ4n) is 0.953. The Morgan fingerprint density at radius 2 is 2.27 bits per heavy atom. The second kappa shape index (κ2) is 4.63. The molecule has 15 heavy (non-hydrogen) atoms. The highest BCUT2D eigenvalue weighted by Gasteiger charge is 2.12. The van der Waals surface area contributed by atoms with Crippen LogP contribution in [0.5, 0.6) is 0 Å². The van der Waals surface area contributed by atoms with E-state index in [4.69, 9.17) is 9.84 Å². The molecule has 0 saturated carbocycles. The average Bonchev–Trinajstić information content (AvgIpc) is 2.66. The summed E-state index contributed by atoms with van der Waals surface area (Å²) in [6, 6.07) is 1.35. The number of carboxylic acid groups (broad SMARTS) is 1. The van der Waals surface area contributed by atoms with Crippen molar-refractivity contribution in [3.05, 3.63) is 24.0 Å². The molecule has 1 unspecified atom stereocenters. The monoisotopic (exact) mass is 211 g/mol. The Kier molecular flexibility index (Phi) is 3.49. The van der Waals surface area contributed by atoms with E-state index in [9.17, 15) is 9.59 Å². The van der Waals surface area contributed by atoms with Gasteiger partial charge < -0.3 is 9.84 Å². The standard InChI is InChI=1S/C10H13NO4/c1-3-7(2)15-10(14)11-5-4-8(6-11)9(12)13/h4-7H,3H2,1-2H3,(H,12,13). The van der Waals surface area contributed by atoms with Crippen molar-refractivity contribution >= 4 is 12.1 Å². The van der Waals surface area contributed by atoms with Crippen molar-refractivity contribution in [2.45, 2.75) is 26.4 Å². The predicted molar refractivity (Wildman–Crippen MR) is 53.0 cm³/mol. The highest BCUT2D eigenvalue weighted by atomic mass is 16.6. The third-order valence-corrected chi connectivity index (χ3v) is 2.03. The Morgan fingerprint density at radius 3 is 2.73 bits per heavy atom. The van der Waals surface area contributed by atoms with E-state index >= 15 is 0 Å². The Hall–Kier alpha value is -1.78. The van der Waals surface area contributed by atoms with E-state index in [0.29, 0.717) is 0 Å². The number of ether oxygens (including phenoxy) is 1. The Labute approximate surface area is 87.3 Å². The molecular weight excluding hydrogens is 198 g/mol. The van der Waals surface area contributed by atoms with E-state index in [1.165, 1.54) is 18.5 Å². The number of rotatable bonds is 3. The van der Waals surface area contributed by atoms with E-state index in [-0.39, 0.29) is 11.7 Å². The van der Waals surface area contributed by atoms with Gasteiger partial charge in [-0.2, -0.15) is 0 Å². The molecule has 1 rings (SSSR count). The van der Waals surface area contributed by atoms with E-state index < -0.39 is 12.1 Å². The first kappa shape index (κ1) is 11.3. The number of aromatic carboxylic acids is 1. The first-order valence-corrected chi connectivity index (χ1v) is 4.67. The minimum Gasteiger partial charge on any atom is -0.478 e. The van der Waals surface area contributed by atoms with Crippen LogP contribution in [0, 0.1) is 0 Å². The summed E-state index contributed by atoms with van der Waals surface area (Å²) < 4.78 is 6.13. The van der Waals surface area contributed by atoms with Crippen LogP contribution in [0.25, 0.3) is 0 Å². The summed E-state index contributed by atoms with van der Waals surface area (Å²) in [5.74, 6) is -1.06. The maximum absolute atomic E-state index is 11.4. The van der Waals surface area contributed by atoms with Crippen molar-refractivity contribution in [1.82, 2.24) is 4.57 Å². The Balaban J connectivity index is 2.70. The van der Waals surface area contributed by atoms with Crippen LogP contribution in [0.2, 0.25) is 0 Å². The summed E-state index contributed by atoms with van der Waals surface area (Å²) in [7, 11) is 0. The summed E-state index contributed by atoms with van der Waals surface area (Å²) in [6.07, 6.45) is 2.59. The van der Waals surface area contributed by atoms with Crippen LogP contribution in [0.15, 0.2) is 18.5 Å². The van der Waals surface area contributed by atoms with Gasteiger partial charge in [0.25, 0.3) is 0 Å². The molecule has 1 aromatic heterocycles. The highest BCUT2D eigenvalue weighted by Crippen LogP contribution is 2.04. The lowest BCUT2D eigenvalue weighted by Crippen LogP contribution is -2.18. The summed E-state index contributed by atoms with van der Waals surface area (Å²) in [5.41, 5.74) is 0.0658. The van der Waals surface area contributed by atoms with Crippen LogP contribution in [-0.4, -0.2) is 27.8 Å². The maximum Gasteiger partial charge on any atom is 0.418 e. The van der Waals surface area contributed by atoms with Crippen LogP contribution >= 0.6 is 0 Å². The molecule has 0 fully saturated rings. The molecule has 0 aromatic carbocycles. The predicted octanol–water partition coefficient (Wildman–Crippen LogP) is 1.97. The lowest BCUT2D eigenvalue weighted by Gasteiger charge is -2.10. The second-order valence-electron chi connectivity index (χ2n) is 3.22.